The van der Waals surface area contributed by atoms with Crippen molar-refractivity contribution in [2.45, 2.75) is 18.9 Å². The number of hydrogen-bond donors (Lipinski definition) is 1. The Balaban J connectivity index is 1.44. The molecule has 1 heterocycles. The molecule has 0 saturated carbocycles. The number of phenols is 1. The number of halogens is 1. The monoisotopic (exact) mass is 478 g/mol. The van der Waals surface area contributed by atoms with Gasteiger partial charge in [0.1, 0.15) is 5.75 Å². The molecule has 1 saturated heterocycles. The maximum Gasteiger partial charge on any atom is 0.223 e. The van der Waals surface area contributed by atoms with Gasteiger partial charge in [0.05, 0.1) is 0 Å². The normalized spacial score (nSPS) is 15.6. The van der Waals surface area contributed by atoms with Crippen molar-refractivity contribution < 1.29 is 9.90 Å². The quantitative estimate of drug-likeness (QED) is 0.540. The molecule has 4 nitrogen and oxygen atoms in total. The van der Waals surface area contributed by atoms with Crippen LogP contribution >= 0.6 is 15.9 Å². The highest BCUT2D eigenvalue weighted by Crippen LogP contribution is 2.36. The summed E-state index contributed by atoms with van der Waals surface area (Å²) in [6.45, 7) is 4.13. The summed E-state index contributed by atoms with van der Waals surface area (Å²) in [5.41, 5.74) is 3.11. The molecule has 3 aromatic carbocycles. The van der Waals surface area contributed by atoms with Crippen LogP contribution in [-0.4, -0.2) is 47.0 Å². The van der Waals surface area contributed by atoms with E-state index in [4.69, 9.17) is 0 Å². The third-order valence-corrected chi connectivity index (χ3v) is 6.41. The fourth-order valence-corrected chi connectivity index (χ4v) is 4.58. The van der Waals surface area contributed by atoms with Gasteiger partial charge in [-0.05, 0) is 29.3 Å². The Kier molecular flexibility index (Phi) is 7.05. The molecule has 1 atom stereocenters. The van der Waals surface area contributed by atoms with E-state index in [2.05, 4.69) is 45.1 Å². The van der Waals surface area contributed by atoms with Crippen LogP contribution in [0.3, 0.4) is 0 Å². The standard InChI is InChI=1S/C26H27BrN2O2/c27-22-11-12-25(30)24(17-22)23(21-9-5-2-6-10-21)18-26(31)29-15-13-28(14-16-29)19-20-7-3-1-4-8-20/h1-12,17,23,30H,13-16,18-19H2. The van der Waals surface area contributed by atoms with Crippen LogP contribution < -0.4 is 0 Å². The van der Waals surface area contributed by atoms with E-state index < -0.39 is 0 Å². The number of hydrogen-bond acceptors (Lipinski definition) is 3. The summed E-state index contributed by atoms with van der Waals surface area (Å²) in [5.74, 6) is 0.165. The first kappa shape index (κ1) is 21.6. The summed E-state index contributed by atoms with van der Waals surface area (Å²) in [6.07, 6.45) is 0.340. The van der Waals surface area contributed by atoms with Crippen molar-refractivity contribution in [3.05, 3.63) is 100 Å². The predicted molar refractivity (Wildman–Crippen MR) is 127 cm³/mol. The number of piperazine rings is 1. The number of phenolic OH excluding ortho intramolecular Hbond substituents is 1. The minimum Gasteiger partial charge on any atom is -0.508 e. The van der Waals surface area contributed by atoms with Gasteiger partial charge in [-0.3, -0.25) is 9.69 Å². The summed E-state index contributed by atoms with van der Waals surface area (Å²) < 4.78 is 0.892. The Labute approximate surface area is 192 Å². The lowest BCUT2D eigenvalue weighted by Crippen LogP contribution is -2.48. The number of aromatic hydroxyl groups is 1. The highest BCUT2D eigenvalue weighted by Gasteiger charge is 2.26. The average molecular weight is 479 g/mol. The topological polar surface area (TPSA) is 43.8 Å². The number of benzene rings is 3. The van der Waals surface area contributed by atoms with Gasteiger partial charge in [-0.25, -0.2) is 0 Å². The first-order valence-corrected chi connectivity index (χ1v) is 11.5. The molecule has 0 radical (unpaired) electrons. The predicted octanol–water partition coefficient (Wildman–Crippen LogP) is 5.02. The number of amides is 1. The summed E-state index contributed by atoms with van der Waals surface area (Å²) in [6, 6.07) is 25.8. The molecule has 1 amide bonds. The number of carbonyl (C=O) groups excluding carboxylic acids is 1. The molecule has 1 aliphatic heterocycles. The van der Waals surface area contributed by atoms with E-state index in [1.54, 1.807) is 6.07 Å². The SMILES string of the molecule is O=C(CC(c1ccccc1)c1cc(Br)ccc1O)N1CCN(Cc2ccccc2)CC1. The van der Waals surface area contributed by atoms with Gasteiger partial charge < -0.3 is 10.0 Å². The van der Waals surface area contributed by atoms with Crippen LogP contribution in [0.2, 0.25) is 0 Å². The van der Waals surface area contributed by atoms with E-state index in [0.717, 1.165) is 48.3 Å². The van der Waals surface area contributed by atoms with Crippen molar-refractivity contribution in [2.24, 2.45) is 0 Å². The Hall–Kier alpha value is -2.63. The summed E-state index contributed by atoms with van der Waals surface area (Å²) >= 11 is 3.50. The first-order chi connectivity index (χ1) is 15.1. The van der Waals surface area contributed by atoms with Crippen LogP contribution in [0.5, 0.6) is 5.75 Å². The van der Waals surface area contributed by atoms with E-state index in [0.29, 0.717) is 6.42 Å². The highest BCUT2D eigenvalue weighted by atomic mass is 79.9. The zero-order valence-corrected chi connectivity index (χ0v) is 19.0. The van der Waals surface area contributed by atoms with Crippen LogP contribution in [0.25, 0.3) is 0 Å². The smallest absolute Gasteiger partial charge is 0.223 e. The van der Waals surface area contributed by atoms with Gasteiger partial charge >= 0.3 is 0 Å². The van der Waals surface area contributed by atoms with E-state index in [1.165, 1.54) is 5.56 Å². The van der Waals surface area contributed by atoms with E-state index in [-0.39, 0.29) is 17.6 Å². The number of nitrogens with zero attached hydrogens (tertiary/aromatic N) is 2. The van der Waals surface area contributed by atoms with Crippen LogP contribution in [0.4, 0.5) is 0 Å². The van der Waals surface area contributed by atoms with Crippen LogP contribution in [0.15, 0.2) is 83.3 Å². The second-order valence-electron chi connectivity index (χ2n) is 8.01. The van der Waals surface area contributed by atoms with E-state index in [9.17, 15) is 9.90 Å². The molecule has 1 N–H and O–H groups in total. The molecule has 3 aromatic rings. The number of rotatable bonds is 6. The molecule has 1 unspecified atom stereocenters. The van der Waals surface area contributed by atoms with Gasteiger partial charge in [0.15, 0.2) is 0 Å². The van der Waals surface area contributed by atoms with E-state index in [1.807, 2.05) is 53.4 Å². The van der Waals surface area contributed by atoms with Crippen LogP contribution in [0.1, 0.15) is 29.0 Å². The van der Waals surface area contributed by atoms with Crippen molar-refractivity contribution in [3.8, 4) is 5.75 Å². The third-order valence-electron chi connectivity index (χ3n) is 5.92. The Morgan fingerprint density at radius 2 is 1.55 bits per heavy atom. The zero-order chi connectivity index (χ0) is 21.6. The molecular weight excluding hydrogens is 452 g/mol. The molecule has 160 valence electrons. The lowest BCUT2D eigenvalue weighted by atomic mass is 9.87. The second kappa shape index (κ2) is 10.1. The lowest BCUT2D eigenvalue weighted by molar-refractivity contribution is -0.133. The Morgan fingerprint density at radius 3 is 2.23 bits per heavy atom. The van der Waals surface area contributed by atoms with Crippen LogP contribution in [-0.2, 0) is 11.3 Å². The fourth-order valence-electron chi connectivity index (χ4n) is 4.20. The van der Waals surface area contributed by atoms with Crippen molar-refractivity contribution in [1.29, 1.82) is 0 Å². The minimum atomic E-state index is -0.187. The molecule has 4 rings (SSSR count). The highest BCUT2D eigenvalue weighted by molar-refractivity contribution is 9.10. The summed E-state index contributed by atoms with van der Waals surface area (Å²) in [5, 5.41) is 10.5. The average Bonchev–Trinajstić information content (AvgIpc) is 2.81. The molecule has 0 aliphatic carbocycles. The zero-order valence-electron chi connectivity index (χ0n) is 17.5. The van der Waals surface area contributed by atoms with Gasteiger partial charge in [0.25, 0.3) is 0 Å². The summed E-state index contributed by atoms with van der Waals surface area (Å²) in [4.78, 5) is 17.6. The maximum absolute atomic E-state index is 13.2. The minimum absolute atomic E-state index is 0.132. The molecule has 0 spiro atoms. The third kappa shape index (κ3) is 5.54. The number of carbonyl (C=O) groups is 1. The molecule has 1 fully saturated rings. The summed E-state index contributed by atoms with van der Waals surface area (Å²) in [7, 11) is 0. The van der Waals surface area contributed by atoms with Crippen LogP contribution in [0, 0.1) is 0 Å². The van der Waals surface area contributed by atoms with Gasteiger partial charge in [-0.1, -0.05) is 76.6 Å². The van der Waals surface area contributed by atoms with Gasteiger partial charge in [-0.15, -0.1) is 0 Å². The fraction of sp³-hybridized carbons (Fsp3) is 0.269. The van der Waals surface area contributed by atoms with Gasteiger partial charge in [-0.2, -0.15) is 0 Å². The van der Waals surface area contributed by atoms with Crippen molar-refractivity contribution in [3.63, 3.8) is 0 Å². The largest absolute Gasteiger partial charge is 0.508 e. The van der Waals surface area contributed by atoms with Crippen molar-refractivity contribution >= 4 is 21.8 Å². The Bertz CT molecular complexity index is 1000. The lowest BCUT2D eigenvalue weighted by Gasteiger charge is -2.35. The molecular formula is C26H27BrN2O2. The Morgan fingerprint density at radius 1 is 0.903 bits per heavy atom. The molecule has 31 heavy (non-hydrogen) atoms. The molecule has 5 heteroatoms. The molecule has 1 aliphatic rings. The van der Waals surface area contributed by atoms with Crippen molar-refractivity contribution in [1.82, 2.24) is 9.80 Å². The van der Waals surface area contributed by atoms with Gasteiger partial charge in [0.2, 0.25) is 5.91 Å². The first-order valence-electron chi connectivity index (χ1n) is 10.7. The van der Waals surface area contributed by atoms with E-state index >= 15 is 0 Å². The second-order valence-corrected chi connectivity index (χ2v) is 8.93. The molecule has 0 bridgehead atoms. The maximum atomic E-state index is 13.2. The van der Waals surface area contributed by atoms with Gasteiger partial charge in [0, 0.05) is 55.1 Å². The molecule has 0 aromatic heterocycles. The van der Waals surface area contributed by atoms with Crippen molar-refractivity contribution in [2.75, 3.05) is 26.2 Å².